The normalized spacial score (nSPS) is 33.8. The van der Waals surface area contributed by atoms with Crippen molar-refractivity contribution in [1.29, 1.82) is 0 Å². The van der Waals surface area contributed by atoms with Crippen LogP contribution in [0.4, 0.5) is 0 Å². The lowest BCUT2D eigenvalue weighted by molar-refractivity contribution is -0.142. The summed E-state index contributed by atoms with van der Waals surface area (Å²) in [7, 11) is 0. The maximum Gasteiger partial charge on any atom is 0.253 e. The lowest BCUT2D eigenvalue weighted by Gasteiger charge is -2.55. The fourth-order valence-electron chi connectivity index (χ4n) is 5.92. The summed E-state index contributed by atoms with van der Waals surface area (Å²) in [6, 6.07) is 0. The second kappa shape index (κ2) is 6.61. The van der Waals surface area contributed by atoms with Crippen molar-refractivity contribution in [3.63, 3.8) is 0 Å². The smallest absolute Gasteiger partial charge is 0.253 e. The minimum atomic E-state index is -0.118. The van der Waals surface area contributed by atoms with E-state index >= 15 is 0 Å². The molecule has 0 aliphatic heterocycles. The SMILES string of the molecule is CCCCc1cn(C(C)(C)C)s/c1=N\C(=O)C12CC3CC(CC(C3)C1)C2. The standard InChI is InChI=1S/C22H34N2OS/c1-5-6-7-18-14-24(21(2,3)4)26-19(18)23-20(25)22-11-15-8-16(12-22)10-17(9-15)13-22/h14-17H,5-13H2,1-4H3/b23-19-. The molecule has 1 amide bonds. The molecule has 5 rings (SSSR count). The third-order valence-corrected chi connectivity index (χ3v) is 8.26. The zero-order valence-corrected chi connectivity index (χ0v) is 17.7. The van der Waals surface area contributed by atoms with Crippen LogP contribution in [-0.4, -0.2) is 9.86 Å². The van der Waals surface area contributed by atoms with Crippen LogP contribution in [0.5, 0.6) is 0 Å². The van der Waals surface area contributed by atoms with Gasteiger partial charge in [0.15, 0.2) is 0 Å². The van der Waals surface area contributed by atoms with Gasteiger partial charge in [0.2, 0.25) is 0 Å². The van der Waals surface area contributed by atoms with Crippen molar-refractivity contribution in [2.24, 2.45) is 28.2 Å². The Morgan fingerprint density at radius 2 is 1.77 bits per heavy atom. The molecule has 1 aromatic rings. The molecule has 4 aliphatic carbocycles. The van der Waals surface area contributed by atoms with Crippen LogP contribution in [0.2, 0.25) is 0 Å². The molecule has 26 heavy (non-hydrogen) atoms. The van der Waals surface area contributed by atoms with Crippen LogP contribution in [-0.2, 0) is 16.8 Å². The summed E-state index contributed by atoms with van der Waals surface area (Å²) in [6.45, 7) is 8.88. The Hall–Kier alpha value is -0.900. The number of hydrogen-bond acceptors (Lipinski definition) is 2. The van der Waals surface area contributed by atoms with E-state index in [9.17, 15) is 4.79 Å². The summed E-state index contributed by atoms with van der Waals surface area (Å²) in [5, 5.41) is 0. The molecule has 4 saturated carbocycles. The van der Waals surface area contributed by atoms with Crippen LogP contribution < -0.4 is 4.67 Å². The first kappa shape index (κ1) is 18.5. The van der Waals surface area contributed by atoms with E-state index in [1.807, 2.05) is 0 Å². The maximum absolute atomic E-state index is 13.4. The Morgan fingerprint density at radius 3 is 2.27 bits per heavy atom. The highest BCUT2D eigenvalue weighted by atomic mass is 32.1. The fourth-order valence-corrected chi connectivity index (χ4v) is 6.96. The van der Waals surface area contributed by atoms with Gasteiger partial charge in [-0.25, -0.2) is 4.99 Å². The Balaban J connectivity index is 1.67. The van der Waals surface area contributed by atoms with Crippen LogP contribution in [0.3, 0.4) is 0 Å². The first-order valence-electron chi connectivity index (χ1n) is 10.6. The third-order valence-electron chi connectivity index (χ3n) is 6.89. The second-order valence-corrected chi connectivity index (χ2v) is 11.2. The van der Waals surface area contributed by atoms with Crippen molar-refractivity contribution >= 4 is 17.4 Å². The minimum Gasteiger partial charge on any atom is -0.298 e. The van der Waals surface area contributed by atoms with E-state index in [0.29, 0.717) is 0 Å². The van der Waals surface area contributed by atoms with Gasteiger partial charge in [0.25, 0.3) is 5.91 Å². The van der Waals surface area contributed by atoms with Crippen LogP contribution in [0.15, 0.2) is 11.2 Å². The first-order chi connectivity index (χ1) is 12.3. The van der Waals surface area contributed by atoms with E-state index in [0.717, 1.165) is 54.5 Å². The van der Waals surface area contributed by atoms with Gasteiger partial charge < -0.3 is 0 Å². The minimum absolute atomic E-state index is 0.0448. The van der Waals surface area contributed by atoms with E-state index < -0.39 is 0 Å². The average Bonchev–Trinajstić information content (AvgIpc) is 2.94. The van der Waals surface area contributed by atoms with E-state index in [2.05, 4.69) is 37.8 Å². The Bertz CT molecular complexity index is 714. The number of rotatable bonds is 4. The van der Waals surface area contributed by atoms with Gasteiger partial charge in [0.1, 0.15) is 4.67 Å². The summed E-state index contributed by atoms with van der Waals surface area (Å²) < 4.78 is 3.26. The highest BCUT2D eigenvalue weighted by molar-refractivity contribution is 7.04. The zero-order chi connectivity index (χ0) is 18.5. The molecule has 0 aromatic carbocycles. The molecule has 4 bridgehead atoms. The summed E-state index contributed by atoms with van der Waals surface area (Å²) in [5.74, 6) is 2.59. The molecule has 144 valence electrons. The molecule has 4 fully saturated rings. The number of nitrogens with zero attached hydrogens (tertiary/aromatic N) is 2. The fraction of sp³-hybridized carbons (Fsp3) is 0.818. The molecular formula is C22H34N2OS. The zero-order valence-electron chi connectivity index (χ0n) is 16.9. The van der Waals surface area contributed by atoms with Gasteiger partial charge in [-0.15, -0.1) is 0 Å². The molecule has 1 heterocycles. The highest BCUT2D eigenvalue weighted by Crippen LogP contribution is 2.60. The van der Waals surface area contributed by atoms with Gasteiger partial charge in [-0.2, -0.15) is 0 Å². The monoisotopic (exact) mass is 374 g/mol. The topological polar surface area (TPSA) is 34.4 Å². The summed E-state index contributed by atoms with van der Waals surface area (Å²) in [4.78, 5) is 18.2. The van der Waals surface area contributed by atoms with Gasteiger partial charge in [-0.05, 0) is 101 Å². The lowest BCUT2D eigenvalue weighted by atomic mass is 9.49. The number of unbranched alkanes of at least 4 members (excludes halogenated alkanes) is 1. The third kappa shape index (κ3) is 3.34. The molecule has 3 nitrogen and oxygen atoms in total. The van der Waals surface area contributed by atoms with Gasteiger partial charge in [0.05, 0.1) is 5.41 Å². The highest BCUT2D eigenvalue weighted by Gasteiger charge is 2.54. The van der Waals surface area contributed by atoms with Crippen LogP contribution in [0.25, 0.3) is 0 Å². The largest absolute Gasteiger partial charge is 0.298 e. The first-order valence-corrected chi connectivity index (χ1v) is 11.4. The molecule has 4 heteroatoms. The molecular weight excluding hydrogens is 340 g/mol. The molecule has 0 atom stereocenters. The van der Waals surface area contributed by atoms with Gasteiger partial charge in [0, 0.05) is 17.3 Å². The molecule has 0 saturated heterocycles. The number of amides is 1. The van der Waals surface area contributed by atoms with Gasteiger partial charge in [-0.3, -0.25) is 8.75 Å². The predicted molar refractivity (Wildman–Crippen MR) is 107 cm³/mol. The summed E-state index contributed by atoms with van der Waals surface area (Å²) in [6.07, 6.45) is 13.0. The van der Waals surface area contributed by atoms with Crippen molar-refractivity contribution in [2.75, 3.05) is 0 Å². The second-order valence-electron chi connectivity index (χ2n) is 10.3. The van der Waals surface area contributed by atoms with Crippen molar-refractivity contribution in [3.8, 4) is 0 Å². The lowest BCUT2D eigenvalue weighted by Crippen LogP contribution is -2.49. The molecule has 0 radical (unpaired) electrons. The maximum atomic E-state index is 13.4. The van der Waals surface area contributed by atoms with E-state index in [-0.39, 0.29) is 16.9 Å². The average molecular weight is 375 g/mol. The van der Waals surface area contributed by atoms with Gasteiger partial charge >= 0.3 is 0 Å². The van der Waals surface area contributed by atoms with Crippen molar-refractivity contribution in [1.82, 2.24) is 3.96 Å². The van der Waals surface area contributed by atoms with Crippen molar-refractivity contribution in [3.05, 3.63) is 16.4 Å². The van der Waals surface area contributed by atoms with Crippen LogP contribution in [0, 0.1) is 23.2 Å². The van der Waals surface area contributed by atoms with Crippen LogP contribution in [0.1, 0.15) is 84.6 Å². The number of hydrogen-bond donors (Lipinski definition) is 0. The summed E-state index contributed by atoms with van der Waals surface area (Å²) in [5.41, 5.74) is 1.20. The van der Waals surface area contributed by atoms with Crippen molar-refractivity contribution < 1.29 is 4.79 Å². The van der Waals surface area contributed by atoms with Crippen molar-refractivity contribution in [2.45, 2.75) is 91.0 Å². The molecule has 4 aliphatic rings. The molecule has 0 N–H and O–H groups in total. The Kier molecular flexibility index (Phi) is 4.70. The van der Waals surface area contributed by atoms with Crippen LogP contribution >= 0.6 is 11.5 Å². The number of aryl methyl sites for hydroxylation is 1. The molecule has 1 aromatic heterocycles. The van der Waals surface area contributed by atoms with E-state index in [4.69, 9.17) is 4.99 Å². The molecule has 0 spiro atoms. The quantitative estimate of drug-likeness (QED) is 0.705. The summed E-state index contributed by atoms with van der Waals surface area (Å²) >= 11 is 1.68. The van der Waals surface area contributed by atoms with E-state index in [1.54, 1.807) is 11.5 Å². The predicted octanol–water partition coefficient (Wildman–Crippen LogP) is 5.29. The number of carbonyl (C=O) groups is 1. The van der Waals surface area contributed by atoms with Gasteiger partial charge in [-0.1, -0.05) is 13.3 Å². The number of carbonyl (C=O) groups excluding carboxylic acids is 1. The molecule has 0 unspecified atom stereocenters. The number of aromatic nitrogens is 1. The Labute approximate surface area is 162 Å². The Morgan fingerprint density at radius 1 is 1.19 bits per heavy atom. The van der Waals surface area contributed by atoms with E-state index in [1.165, 1.54) is 31.2 Å².